The van der Waals surface area contributed by atoms with Gasteiger partial charge in [-0.1, -0.05) is 19.9 Å². The van der Waals surface area contributed by atoms with Gasteiger partial charge in [0.05, 0.1) is 17.3 Å². The van der Waals surface area contributed by atoms with Crippen molar-refractivity contribution in [3.8, 4) is 0 Å². The van der Waals surface area contributed by atoms with Gasteiger partial charge in [0.2, 0.25) is 5.91 Å². The largest absolute Gasteiger partial charge is 0.478 e. The molecule has 4 N–H and O–H groups in total. The number of benzene rings is 1. The van der Waals surface area contributed by atoms with Crippen molar-refractivity contribution in [1.29, 1.82) is 0 Å². The minimum Gasteiger partial charge on any atom is -0.478 e. The van der Waals surface area contributed by atoms with E-state index in [1.807, 2.05) is 13.8 Å². The van der Waals surface area contributed by atoms with Gasteiger partial charge in [-0.05, 0) is 34.0 Å². The van der Waals surface area contributed by atoms with E-state index in [0.29, 0.717) is 4.47 Å². The lowest BCUT2D eigenvalue weighted by Gasteiger charge is -2.17. The lowest BCUT2D eigenvalue weighted by atomic mass is 10.0. The molecule has 0 bridgehead atoms. The highest BCUT2D eigenvalue weighted by atomic mass is 79.9. The molecule has 0 aliphatic carbocycles. The van der Waals surface area contributed by atoms with Crippen molar-refractivity contribution < 1.29 is 14.7 Å². The number of carbonyl (C=O) groups is 2. The number of halogens is 1. The molecular weight excluding hydrogens is 300 g/mol. The van der Waals surface area contributed by atoms with Crippen LogP contribution in [-0.4, -0.2) is 23.0 Å². The number of anilines is 1. The molecule has 6 heteroatoms. The molecule has 0 heterocycles. The van der Waals surface area contributed by atoms with Gasteiger partial charge in [-0.3, -0.25) is 4.79 Å². The molecule has 1 rings (SSSR count). The summed E-state index contributed by atoms with van der Waals surface area (Å²) >= 11 is 3.21. The zero-order valence-electron chi connectivity index (χ0n) is 10.1. The smallest absolute Gasteiger partial charge is 0.337 e. The van der Waals surface area contributed by atoms with Crippen LogP contribution in [0.3, 0.4) is 0 Å². The van der Waals surface area contributed by atoms with Crippen LogP contribution in [0.15, 0.2) is 22.7 Å². The number of amides is 1. The van der Waals surface area contributed by atoms with Crippen molar-refractivity contribution in [1.82, 2.24) is 0 Å². The highest BCUT2D eigenvalue weighted by Crippen LogP contribution is 2.26. The Hall–Kier alpha value is -1.40. The first kappa shape index (κ1) is 14.7. The van der Waals surface area contributed by atoms with Crippen LogP contribution in [0.5, 0.6) is 0 Å². The van der Waals surface area contributed by atoms with E-state index in [-0.39, 0.29) is 17.2 Å². The molecule has 98 valence electrons. The molecule has 1 aromatic rings. The first-order chi connectivity index (χ1) is 8.34. The number of rotatable bonds is 4. The van der Waals surface area contributed by atoms with Crippen LogP contribution in [0.1, 0.15) is 24.2 Å². The summed E-state index contributed by atoms with van der Waals surface area (Å²) in [4.78, 5) is 22.9. The molecule has 0 aliphatic rings. The fraction of sp³-hybridized carbons (Fsp3) is 0.333. The first-order valence-electron chi connectivity index (χ1n) is 5.42. The van der Waals surface area contributed by atoms with Crippen molar-refractivity contribution >= 4 is 33.5 Å². The van der Waals surface area contributed by atoms with Crippen molar-refractivity contribution in [2.24, 2.45) is 11.7 Å². The van der Waals surface area contributed by atoms with Gasteiger partial charge in [0.1, 0.15) is 0 Å². The highest BCUT2D eigenvalue weighted by Gasteiger charge is 2.21. The second-order valence-electron chi connectivity index (χ2n) is 4.23. The Bertz CT molecular complexity index is 474. The molecule has 0 saturated carbocycles. The number of carbonyl (C=O) groups excluding carboxylic acids is 1. The number of aromatic carboxylic acids is 1. The molecule has 1 amide bonds. The number of nitrogens with two attached hydrogens (primary N) is 1. The van der Waals surface area contributed by atoms with E-state index in [2.05, 4.69) is 21.2 Å². The summed E-state index contributed by atoms with van der Waals surface area (Å²) in [5.74, 6) is -1.54. The lowest BCUT2D eigenvalue weighted by Crippen LogP contribution is -2.40. The Morgan fingerprint density at radius 3 is 2.50 bits per heavy atom. The number of carboxylic acids is 1. The van der Waals surface area contributed by atoms with E-state index in [4.69, 9.17) is 10.8 Å². The van der Waals surface area contributed by atoms with Crippen LogP contribution in [0.4, 0.5) is 5.69 Å². The molecule has 1 atom stereocenters. The summed E-state index contributed by atoms with van der Waals surface area (Å²) in [5.41, 5.74) is 5.96. The minimum absolute atomic E-state index is 0.0219. The van der Waals surface area contributed by atoms with Crippen molar-refractivity contribution in [3.63, 3.8) is 0 Å². The molecule has 0 aromatic heterocycles. The summed E-state index contributed by atoms with van der Waals surface area (Å²) < 4.78 is 0.506. The van der Waals surface area contributed by atoms with Crippen LogP contribution in [0.2, 0.25) is 0 Å². The van der Waals surface area contributed by atoms with E-state index in [1.54, 1.807) is 12.1 Å². The zero-order valence-corrected chi connectivity index (χ0v) is 11.7. The van der Waals surface area contributed by atoms with E-state index in [9.17, 15) is 9.59 Å². The van der Waals surface area contributed by atoms with E-state index < -0.39 is 17.9 Å². The summed E-state index contributed by atoms with van der Waals surface area (Å²) in [7, 11) is 0. The van der Waals surface area contributed by atoms with E-state index in [1.165, 1.54) is 6.07 Å². The zero-order chi connectivity index (χ0) is 13.9. The maximum absolute atomic E-state index is 11.8. The van der Waals surface area contributed by atoms with Gasteiger partial charge in [0.15, 0.2) is 0 Å². The monoisotopic (exact) mass is 314 g/mol. The van der Waals surface area contributed by atoms with Crippen LogP contribution in [0.25, 0.3) is 0 Å². The Morgan fingerprint density at radius 1 is 1.39 bits per heavy atom. The van der Waals surface area contributed by atoms with E-state index >= 15 is 0 Å². The first-order valence-corrected chi connectivity index (χ1v) is 6.22. The van der Waals surface area contributed by atoms with Gasteiger partial charge in [-0.15, -0.1) is 0 Å². The molecule has 1 aromatic carbocycles. The predicted molar refractivity (Wildman–Crippen MR) is 72.5 cm³/mol. The third-order valence-electron chi connectivity index (χ3n) is 2.51. The van der Waals surface area contributed by atoms with Crippen molar-refractivity contribution in [2.45, 2.75) is 19.9 Å². The fourth-order valence-corrected chi connectivity index (χ4v) is 1.80. The van der Waals surface area contributed by atoms with Gasteiger partial charge in [-0.2, -0.15) is 0 Å². The number of hydrogen-bond donors (Lipinski definition) is 3. The Balaban J connectivity index is 3.04. The van der Waals surface area contributed by atoms with Crippen LogP contribution >= 0.6 is 15.9 Å². The lowest BCUT2D eigenvalue weighted by molar-refractivity contribution is -0.118. The molecule has 0 spiro atoms. The number of nitrogens with one attached hydrogen (secondary N) is 1. The SMILES string of the molecule is CC(C)C(N)C(=O)Nc1c(Br)cccc1C(=O)O. The molecule has 0 saturated heterocycles. The summed E-state index contributed by atoms with van der Waals surface area (Å²) in [5, 5.41) is 11.6. The van der Waals surface area contributed by atoms with Crippen molar-refractivity contribution in [2.75, 3.05) is 5.32 Å². The highest BCUT2D eigenvalue weighted by molar-refractivity contribution is 9.10. The number of para-hydroxylation sites is 1. The molecule has 0 radical (unpaired) electrons. The molecule has 1 unspecified atom stereocenters. The molecule has 18 heavy (non-hydrogen) atoms. The van der Waals surface area contributed by atoms with Crippen molar-refractivity contribution in [3.05, 3.63) is 28.2 Å². The molecule has 0 aliphatic heterocycles. The maximum Gasteiger partial charge on any atom is 0.337 e. The standard InChI is InChI=1S/C12H15BrN2O3/c1-6(2)9(14)11(16)15-10-7(12(17)18)4-3-5-8(10)13/h3-6,9H,14H2,1-2H3,(H,15,16)(H,17,18). The van der Waals surface area contributed by atoms with Gasteiger partial charge < -0.3 is 16.2 Å². The van der Waals surface area contributed by atoms with E-state index in [0.717, 1.165) is 0 Å². The predicted octanol–water partition coefficient (Wildman–Crippen LogP) is 2.07. The quantitative estimate of drug-likeness (QED) is 0.793. The molecule has 5 nitrogen and oxygen atoms in total. The Morgan fingerprint density at radius 2 is 2.00 bits per heavy atom. The third-order valence-corrected chi connectivity index (χ3v) is 3.17. The summed E-state index contributed by atoms with van der Waals surface area (Å²) in [6, 6.07) is 3.98. The number of carboxylic acid groups (broad SMARTS) is 1. The molecular formula is C12H15BrN2O3. The third kappa shape index (κ3) is 3.30. The number of hydrogen-bond acceptors (Lipinski definition) is 3. The fourth-order valence-electron chi connectivity index (χ4n) is 1.34. The second kappa shape index (κ2) is 5.97. The van der Waals surface area contributed by atoms with Gasteiger partial charge in [-0.25, -0.2) is 4.79 Å². The van der Waals surface area contributed by atoms with Crippen LogP contribution < -0.4 is 11.1 Å². The summed E-state index contributed by atoms with van der Waals surface area (Å²) in [6.07, 6.45) is 0. The van der Waals surface area contributed by atoms with Crippen LogP contribution in [0, 0.1) is 5.92 Å². The summed E-state index contributed by atoms with van der Waals surface area (Å²) in [6.45, 7) is 3.64. The minimum atomic E-state index is -1.11. The van der Waals surface area contributed by atoms with Crippen LogP contribution in [-0.2, 0) is 4.79 Å². The average molecular weight is 315 g/mol. The van der Waals surface area contributed by atoms with Gasteiger partial charge >= 0.3 is 5.97 Å². The topological polar surface area (TPSA) is 92.4 Å². The Kier molecular flexibility index (Phi) is 4.86. The maximum atomic E-state index is 11.8. The Labute approximate surface area is 113 Å². The normalized spacial score (nSPS) is 12.3. The van der Waals surface area contributed by atoms with Gasteiger partial charge in [0, 0.05) is 4.47 Å². The average Bonchev–Trinajstić information content (AvgIpc) is 2.30. The second-order valence-corrected chi connectivity index (χ2v) is 5.08. The van der Waals surface area contributed by atoms with Gasteiger partial charge in [0.25, 0.3) is 0 Å². The molecule has 0 fully saturated rings.